The largest absolute Gasteiger partial charge is 0.444 e. The first-order valence-electron chi connectivity index (χ1n) is 6.79. The van der Waals surface area contributed by atoms with Gasteiger partial charge in [-0.15, -0.1) is 0 Å². The number of nitrogens with one attached hydrogen (secondary N) is 1. The van der Waals surface area contributed by atoms with Crippen molar-refractivity contribution in [2.75, 3.05) is 0 Å². The van der Waals surface area contributed by atoms with Gasteiger partial charge < -0.3 is 10.1 Å². The van der Waals surface area contributed by atoms with E-state index < -0.39 is 17.2 Å². The zero-order valence-corrected chi connectivity index (χ0v) is 12.4. The molecule has 4 nitrogen and oxygen atoms in total. The standard InChI is InChI=1S/C16H20N2O2/c1-15(2,3)20-14(19)18-16(4)9-8-12-11(10-17)6-5-7-13(12)16/h5-7H,8-9H2,1-4H3,(H,18,19)/t16-/m0/s1. The number of nitrogens with zero attached hydrogens (tertiary/aromatic N) is 1. The minimum absolute atomic E-state index is 0.421. The molecule has 0 fully saturated rings. The van der Waals surface area contributed by atoms with E-state index in [0.717, 1.165) is 24.0 Å². The molecule has 0 saturated heterocycles. The summed E-state index contributed by atoms with van der Waals surface area (Å²) in [7, 11) is 0. The molecule has 0 aromatic heterocycles. The number of hydrogen-bond acceptors (Lipinski definition) is 3. The highest BCUT2D eigenvalue weighted by Crippen LogP contribution is 2.38. The van der Waals surface area contributed by atoms with Crippen molar-refractivity contribution in [3.63, 3.8) is 0 Å². The fourth-order valence-corrected chi connectivity index (χ4v) is 2.65. The third kappa shape index (κ3) is 2.77. The number of alkyl carbamates (subject to hydrolysis) is 1. The van der Waals surface area contributed by atoms with Crippen LogP contribution in [0.25, 0.3) is 0 Å². The highest BCUT2D eigenvalue weighted by molar-refractivity contribution is 5.70. The van der Waals surface area contributed by atoms with E-state index in [1.807, 2.05) is 45.9 Å². The van der Waals surface area contributed by atoms with Gasteiger partial charge >= 0.3 is 6.09 Å². The number of ether oxygens (including phenoxy) is 1. The lowest BCUT2D eigenvalue weighted by Gasteiger charge is -2.29. The molecular weight excluding hydrogens is 252 g/mol. The first kappa shape index (κ1) is 14.4. The average Bonchev–Trinajstić information content (AvgIpc) is 2.64. The summed E-state index contributed by atoms with van der Waals surface area (Å²) in [5.74, 6) is 0. The lowest BCUT2D eigenvalue weighted by atomic mass is 9.93. The second kappa shape index (κ2) is 4.82. The first-order valence-corrected chi connectivity index (χ1v) is 6.79. The molecule has 1 aliphatic carbocycles. The summed E-state index contributed by atoms with van der Waals surface area (Å²) in [5.41, 5.74) is 1.76. The van der Waals surface area contributed by atoms with Crippen molar-refractivity contribution in [2.24, 2.45) is 0 Å². The van der Waals surface area contributed by atoms with Gasteiger partial charge in [0.1, 0.15) is 5.60 Å². The summed E-state index contributed by atoms with van der Waals surface area (Å²) in [6.45, 7) is 7.49. The predicted molar refractivity (Wildman–Crippen MR) is 76.2 cm³/mol. The van der Waals surface area contributed by atoms with E-state index in [1.54, 1.807) is 0 Å². The third-order valence-electron chi connectivity index (χ3n) is 3.54. The highest BCUT2D eigenvalue weighted by atomic mass is 16.6. The molecule has 1 atom stereocenters. The molecule has 2 rings (SSSR count). The Labute approximate surface area is 119 Å². The van der Waals surface area contributed by atoms with Gasteiger partial charge in [-0.05, 0) is 57.7 Å². The molecule has 20 heavy (non-hydrogen) atoms. The molecule has 0 heterocycles. The monoisotopic (exact) mass is 272 g/mol. The molecule has 1 aliphatic rings. The normalized spacial score (nSPS) is 20.9. The van der Waals surface area contributed by atoms with E-state index in [1.165, 1.54) is 0 Å². The Morgan fingerprint density at radius 1 is 1.45 bits per heavy atom. The number of hydrogen-bond donors (Lipinski definition) is 1. The number of carbonyl (C=O) groups is 1. The van der Waals surface area contributed by atoms with Gasteiger partial charge in [0, 0.05) is 0 Å². The van der Waals surface area contributed by atoms with Crippen molar-refractivity contribution in [1.82, 2.24) is 5.32 Å². The smallest absolute Gasteiger partial charge is 0.408 e. The van der Waals surface area contributed by atoms with Gasteiger partial charge in [0.15, 0.2) is 0 Å². The third-order valence-corrected chi connectivity index (χ3v) is 3.54. The van der Waals surface area contributed by atoms with Crippen LogP contribution in [-0.4, -0.2) is 11.7 Å². The predicted octanol–water partition coefficient (Wildman–Crippen LogP) is 3.24. The van der Waals surface area contributed by atoms with E-state index in [2.05, 4.69) is 11.4 Å². The molecule has 0 unspecified atom stereocenters. The maximum Gasteiger partial charge on any atom is 0.408 e. The van der Waals surface area contributed by atoms with Crippen LogP contribution >= 0.6 is 0 Å². The fourth-order valence-electron chi connectivity index (χ4n) is 2.65. The molecule has 1 amide bonds. The fraction of sp³-hybridized carbons (Fsp3) is 0.500. The van der Waals surface area contributed by atoms with Crippen LogP contribution in [0.1, 0.15) is 50.8 Å². The Hall–Kier alpha value is -2.02. The van der Waals surface area contributed by atoms with Crippen LogP contribution in [0.5, 0.6) is 0 Å². The van der Waals surface area contributed by atoms with Crippen molar-refractivity contribution >= 4 is 6.09 Å². The molecule has 0 saturated carbocycles. The van der Waals surface area contributed by atoms with E-state index in [9.17, 15) is 4.79 Å². The maximum absolute atomic E-state index is 12.0. The van der Waals surface area contributed by atoms with Crippen LogP contribution in [0, 0.1) is 11.3 Å². The van der Waals surface area contributed by atoms with Gasteiger partial charge in [-0.25, -0.2) is 4.79 Å². The summed E-state index contributed by atoms with van der Waals surface area (Å²) in [5, 5.41) is 12.1. The van der Waals surface area contributed by atoms with E-state index in [4.69, 9.17) is 10.00 Å². The van der Waals surface area contributed by atoms with E-state index >= 15 is 0 Å². The summed E-state index contributed by atoms with van der Waals surface area (Å²) >= 11 is 0. The number of rotatable bonds is 1. The Morgan fingerprint density at radius 3 is 2.75 bits per heavy atom. The minimum atomic E-state index is -0.517. The Morgan fingerprint density at radius 2 is 2.15 bits per heavy atom. The van der Waals surface area contributed by atoms with Gasteiger partial charge in [0.05, 0.1) is 17.2 Å². The van der Waals surface area contributed by atoms with Crippen LogP contribution in [0.3, 0.4) is 0 Å². The number of fused-ring (bicyclic) bond motifs is 1. The highest BCUT2D eigenvalue weighted by Gasteiger charge is 2.37. The minimum Gasteiger partial charge on any atom is -0.444 e. The molecule has 4 heteroatoms. The number of amides is 1. The second-order valence-corrected chi connectivity index (χ2v) is 6.40. The Balaban J connectivity index is 2.24. The zero-order chi connectivity index (χ0) is 15.0. The molecule has 1 N–H and O–H groups in total. The van der Waals surface area contributed by atoms with Gasteiger partial charge in [-0.2, -0.15) is 5.26 Å². The van der Waals surface area contributed by atoms with Crippen LogP contribution in [0.2, 0.25) is 0 Å². The second-order valence-electron chi connectivity index (χ2n) is 6.40. The van der Waals surface area contributed by atoms with Crippen LogP contribution in [-0.2, 0) is 16.7 Å². The number of carbonyl (C=O) groups excluding carboxylic acids is 1. The molecular formula is C16H20N2O2. The molecule has 0 radical (unpaired) electrons. The van der Waals surface area contributed by atoms with Crippen molar-refractivity contribution < 1.29 is 9.53 Å². The van der Waals surface area contributed by atoms with Crippen molar-refractivity contribution in [3.05, 3.63) is 34.9 Å². The first-order chi connectivity index (χ1) is 9.25. The van der Waals surface area contributed by atoms with Crippen molar-refractivity contribution in [1.29, 1.82) is 5.26 Å². The van der Waals surface area contributed by atoms with Crippen LogP contribution < -0.4 is 5.32 Å². The summed E-state index contributed by atoms with van der Waals surface area (Å²) in [6, 6.07) is 7.86. The molecule has 1 aromatic carbocycles. The molecule has 0 bridgehead atoms. The summed E-state index contributed by atoms with van der Waals surface area (Å²) in [6.07, 6.45) is 1.15. The van der Waals surface area contributed by atoms with Crippen LogP contribution in [0.4, 0.5) is 4.79 Å². The molecule has 0 spiro atoms. The van der Waals surface area contributed by atoms with Gasteiger partial charge in [-0.3, -0.25) is 0 Å². The van der Waals surface area contributed by atoms with Crippen molar-refractivity contribution in [3.8, 4) is 6.07 Å². The maximum atomic E-state index is 12.0. The molecule has 1 aromatic rings. The van der Waals surface area contributed by atoms with Gasteiger partial charge in [-0.1, -0.05) is 12.1 Å². The number of benzene rings is 1. The average molecular weight is 272 g/mol. The zero-order valence-electron chi connectivity index (χ0n) is 12.4. The lowest BCUT2D eigenvalue weighted by Crippen LogP contribution is -2.44. The molecule has 0 aliphatic heterocycles. The van der Waals surface area contributed by atoms with Crippen LogP contribution in [0.15, 0.2) is 18.2 Å². The quantitative estimate of drug-likeness (QED) is 0.853. The van der Waals surface area contributed by atoms with Crippen molar-refractivity contribution in [2.45, 2.75) is 51.7 Å². The van der Waals surface area contributed by atoms with Gasteiger partial charge in [0.2, 0.25) is 0 Å². The lowest BCUT2D eigenvalue weighted by molar-refractivity contribution is 0.0461. The Bertz CT molecular complexity index is 581. The molecule has 106 valence electrons. The topological polar surface area (TPSA) is 62.1 Å². The number of nitriles is 1. The summed E-state index contributed by atoms with van der Waals surface area (Å²) < 4.78 is 5.32. The van der Waals surface area contributed by atoms with E-state index in [0.29, 0.717) is 5.56 Å². The van der Waals surface area contributed by atoms with E-state index in [-0.39, 0.29) is 0 Å². The van der Waals surface area contributed by atoms with Gasteiger partial charge in [0.25, 0.3) is 0 Å². The SMILES string of the molecule is CC(C)(C)OC(=O)N[C@@]1(C)CCc2c(C#N)cccc21. The Kier molecular flexibility index (Phi) is 3.47. The summed E-state index contributed by atoms with van der Waals surface area (Å²) in [4.78, 5) is 12.0.